The van der Waals surface area contributed by atoms with Crippen LogP contribution in [0.15, 0.2) is 11.6 Å². The highest BCUT2D eigenvalue weighted by Gasteiger charge is 2.43. The third-order valence-corrected chi connectivity index (χ3v) is 4.62. The predicted octanol–water partition coefficient (Wildman–Crippen LogP) is 3.94. The van der Waals surface area contributed by atoms with Crippen LogP contribution in [0.2, 0.25) is 0 Å². The van der Waals surface area contributed by atoms with Crippen molar-refractivity contribution in [3.05, 3.63) is 16.6 Å². The fraction of sp³-hybridized carbons (Fsp3) is 0.786. The Morgan fingerprint density at radius 1 is 1.35 bits per heavy atom. The minimum Gasteiger partial charge on any atom is -0.303 e. The van der Waals surface area contributed by atoms with Crippen LogP contribution in [0, 0.1) is 5.41 Å². The lowest BCUT2D eigenvalue weighted by molar-refractivity contribution is 0.110. The quantitative estimate of drug-likeness (QED) is 0.881. The molecule has 1 atom stereocenters. The van der Waals surface area contributed by atoms with Gasteiger partial charge in [-0.3, -0.25) is 0 Å². The summed E-state index contributed by atoms with van der Waals surface area (Å²) < 4.78 is 0. The molecule has 0 radical (unpaired) electrons. The molecule has 96 valence electrons. The zero-order valence-electron chi connectivity index (χ0n) is 11.4. The molecule has 1 unspecified atom stereocenters. The molecule has 1 aromatic rings. The van der Waals surface area contributed by atoms with Crippen LogP contribution in [-0.4, -0.2) is 11.0 Å². The molecule has 0 aliphatic heterocycles. The summed E-state index contributed by atoms with van der Waals surface area (Å²) in [4.78, 5) is 4.59. The molecule has 2 rings (SSSR count). The summed E-state index contributed by atoms with van der Waals surface area (Å²) >= 11 is 1.80. The number of nitrogens with one attached hydrogen (secondary N) is 1. The molecule has 17 heavy (non-hydrogen) atoms. The third kappa shape index (κ3) is 2.89. The van der Waals surface area contributed by atoms with E-state index < -0.39 is 0 Å². The fourth-order valence-electron chi connectivity index (χ4n) is 3.24. The first-order valence-corrected chi connectivity index (χ1v) is 7.49. The van der Waals surface area contributed by atoms with Gasteiger partial charge in [0.15, 0.2) is 0 Å². The number of hydrogen-bond donors (Lipinski definition) is 1. The summed E-state index contributed by atoms with van der Waals surface area (Å²) in [5.74, 6) is 0. The van der Waals surface area contributed by atoms with Crippen molar-refractivity contribution >= 4 is 11.3 Å². The standard InChI is InChI=1S/C14H24N2S/c1-11(2)16-14(12-15-8-9-17-12)7-5-6-13(3,4)10-14/h8-9,11,16H,5-7,10H2,1-4H3. The van der Waals surface area contributed by atoms with E-state index in [0.717, 1.165) is 0 Å². The van der Waals surface area contributed by atoms with E-state index in [1.54, 1.807) is 11.3 Å². The number of hydrogen-bond acceptors (Lipinski definition) is 3. The molecule has 1 aromatic heterocycles. The monoisotopic (exact) mass is 252 g/mol. The highest BCUT2D eigenvalue weighted by Crippen LogP contribution is 2.46. The molecule has 0 aromatic carbocycles. The summed E-state index contributed by atoms with van der Waals surface area (Å²) in [7, 11) is 0. The molecule has 1 aliphatic rings. The van der Waals surface area contributed by atoms with Crippen LogP contribution in [0.3, 0.4) is 0 Å². The van der Waals surface area contributed by atoms with Gasteiger partial charge >= 0.3 is 0 Å². The normalized spacial score (nSPS) is 28.5. The summed E-state index contributed by atoms with van der Waals surface area (Å²) in [5, 5.41) is 7.18. The molecule has 1 saturated carbocycles. The van der Waals surface area contributed by atoms with Crippen LogP contribution >= 0.6 is 11.3 Å². The van der Waals surface area contributed by atoms with Gasteiger partial charge in [-0.25, -0.2) is 4.98 Å². The van der Waals surface area contributed by atoms with Crippen LogP contribution in [0.25, 0.3) is 0 Å². The number of rotatable bonds is 3. The second kappa shape index (κ2) is 4.69. The maximum atomic E-state index is 4.59. The molecular weight excluding hydrogens is 228 g/mol. The average Bonchev–Trinajstić information content (AvgIpc) is 2.67. The predicted molar refractivity (Wildman–Crippen MR) is 74.3 cm³/mol. The Hall–Kier alpha value is -0.410. The fourth-order valence-corrected chi connectivity index (χ4v) is 4.07. The minimum atomic E-state index is 0.115. The number of thiazole rings is 1. The van der Waals surface area contributed by atoms with Gasteiger partial charge in [0.05, 0.1) is 5.54 Å². The third-order valence-electron chi connectivity index (χ3n) is 3.64. The van der Waals surface area contributed by atoms with Crippen molar-refractivity contribution in [2.24, 2.45) is 5.41 Å². The molecule has 0 spiro atoms. The Morgan fingerprint density at radius 2 is 2.12 bits per heavy atom. The molecule has 1 N–H and O–H groups in total. The number of aromatic nitrogens is 1. The van der Waals surface area contributed by atoms with Gasteiger partial charge in [-0.05, 0) is 38.5 Å². The molecule has 0 bridgehead atoms. The van der Waals surface area contributed by atoms with Crippen molar-refractivity contribution < 1.29 is 0 Å². The first-order chi connectivity index (χ1) is 7.94. The van der Waals surface area contributed by atoms with Crippen molar-refractivity contribution in [1.82, 2.24) is 10.3 Å². The summed E-state index contributed by atoms with van der Waals surface area (Å²) in [6.45, 7) is 9.24. The molecule has 0 amide bonds. The van der Waals surface area contributed by atoms with E-state index in [1.165, 1.54) is 30.7 Å². The first-order valence-electron chi connectivity index (χ1n) is 6.61. The second-order valence-corrected chi connectivity index (χ2v) is 7.31. The molecular formula is C14H24N2S. The van der Waals surface area contributed by atoms with Crippen LogP contribution in [0.4, 0.5) is 0 Å². The summed E-state index contributed by atoms with van der Waals surface area (Å²) in [6.07, 6.45) is 6.99. The van der Waals surface area contributed by atoms with Gasteiger partial charge in [-0.15, -0.1) is 11.3 Å². The molecule has 0 saturated heterocycles. The smallest absolute Gasteiger partial charge is 0.113 e. The Bertz CT molecular complexity index is 356. The van der Waals surface area contributed by atoms with Gasteiger partial charge in [-0.1, -0.05) is 20.3 Å². The lowest BCUT2D eigenvalue weighted by Crippen LogP contribution is -2.50. The molecule has 2 nitrogen and oxygen atoms in total. The highest BCUT2D eigenvalue weighted by molar-refractivity contribution is 7.09. The Balaban J connectivity index is 2.30. The van der Waals surface area contributed by atoms with Gasteiger partial charge in [-0.2, -0.15) is 0 Å². The van der Waals surface area contributed by atoms with Crippen molar-refractivity contribution in [1.29, 1.82) is 0 Å². The van der Waals surface area contributed by atoms with Crippen molar-refractivity contribution in [2.75, 3.05) is 0 Å². The Kier molecular flexibility index (Phi) is 3.60. The highest BCUT2D eigenvalue weighted by atomic mass is 32.1. The van der Waals surface area contributed by atoms with Gasteiger partial charge < -0.3 is 5.32 Å². The zero-order chi connectivity index (χ0) is 12.5. The van der Waals surface area contributed by atoms with Gasteiger partial charge in [0.2, 0.25) is 0 Å². The largest absolute Gasteiger partial charge is 0.303 e. The molecule has 1 fully saturated rings. The summed E-state index contributed by atoms with van der Waals surface area (Å²) in [5.41, 5.74) is 0.538. The van der Waals surface area contributed by atoms with E-state index in [-0.39, 0.29) is 5.54 Å². The van der Waals surface area contributed by atoms with Crippen LogP contribution in [0.1, 0.15) is 58.4 Å². The SMILES string of the molecule is CC(C)NC1(c2nccs2)CCCC(C)(C)C1. The molecule has 1 heterocycles. The Labute approximate surface area is 109 Å². The lowest BCUT2D eigenvalue weighted by Gasteiger charge is -2.45. The molecule has 3 heteroatoms. The first kappa shape index (κ1) is 13.0. The van der Waals surface area contributed by atoms with E-state index in [1.807, 2.05) is 6.20 Å². The average molecular weight is 252 g/mol. The van der Waals surface area contributed by atoms with Crippen LogP contribution in [-0.2, 0) is 5.54 Å². The van der Waals surface area contributed by atoms with E-state index >= 15 is 0 Å². The van der Waals surface area contributed by atoms with Crippen LogP contribution < -0.4 is 5.32 Å². The maximum Gasteiger partial charge on any atom is 0.113 e. The van der Waals surface area contributed by atoms with E-state index in [4.69, 9.17) is 0 Å². The van der Waals surface area contributed by atoms with Gasteiger partial charge in [0, 0.05) is 17.6 Å². The van der Waals surface area contributed by atoms with Crippen molar-refractivity contribution in [3.8, 4) is 0 Å². The Morgan fingerprint density at radius 3 is 2.65 bits per heavy atom. The lowest BCUT2D eigenvalue weighted by atomic mass is 9.68. The van der Waals surface area contributed by atoms with Crippen molar-refractivity contribution in [2.45, 2.75) is 65.0 Å². The topological polar surface area (TPSA) is 24.9 Å². The second-order valence-electron chi connectivity index (χ2n) is 6.41. The van der Waals surface area contributed by atoms with Gasteiger partial charge in [0.25, 0.3) is 0 Å². The van der Waals surface area contributed by atoms with E-state index in [2.05, 4.69) is 43.4 Å². The maximum absolute atomic E-state index is 4.59. The van der Waals surface area contributed by atoms with E-state index in [9.17, 15) is 0 Å². The number of nitrogens with zero attached hydrogens (tertiary/aromatic N) is 1. The molecule has 1 aliphatic carbocycles. The summed E-state index contributed by atoms with van der Waals surface area (Å²) in [6, 6.07) is 0.507. The zero-order valence-corrected chi connectivity index (χ0v) is 12.2. The van der Waals surface area contributed by atoms with Gasteiger partial charge in [0.1, 0.15) is 5.01 Å². The van der Waals surface area contributed by atoms with Crippen molar-refractivity contribution in [3.63, 3.8) is 0 Å². The van der Waals surface area contributed by atoms with Crippen LogP contribution in [0.5, 0.6) is 0 Å². The minimum absolute atomic E-state index is 0.115. The van der Waals surface area contributed by atoms with E-state index in [0.29, 0.717) is 11.5 Å².